The SMILES string of the molecule is CC(C)C[C@@H](C(=O)NCN)c1cccc(-c2ccc(CNCc3cccnc3)cc2)c1. The van der Waals surface area contributed by atoms with E-state index in [1.807, 2.05) is 24.4 Å². The fraction of sp³-hybridized carbons (Fsp3) is 0.308. The Morgan fingerprint density at radius 1 is 0.968 bits per heavy atom. The van der Waals surface area contributed by atoms with Crippen LogP contribution in [0.2, 0.25) is 0 Å². The second-order valence-electron chi connectivity index (χ2n) is 8.21. The van der Waals surface area contributed by atoms with E-state index in [4.69, 9.17) is 5.73 Å². The highest BCUT2D eigenvalue weighted by molar-refractivity contribution is 5.84. The number of aromatic nitrogens is 1. The van der Waals surface area contributed by atoms with Crippen molar-refractivity contribution in [3.63, 3.8) is 0 Å². The van der Waals surface area contributed by atoms with Gasteiger partial charge in [-0.2, -0.15) is 0 Å². The molecule has 31 heavy (non-hydrogen) atoms. The minimum absolute atomic E-state index is 0.0108. The van der Waals surface area contributed by atoms with Crippen LogP contribution in [0.4, 0.5) is 0 Å². The monoisotopic (exact) mass is 416 g/mol. The van der Waals surface area contributed by atoms with Crippen molar-refractivity contribution >= 4 is 5.91 Å². The van der Waals surface area contributed by atoms with E-state index in [9.17, 15) is 4.79 Å². The number of hydrogen-bond acceptors (Lipinski definition) is 4. The van der Waals surface area contributed by atoms with Gasteiger partial charge in [-0.3, -0.25) is 9.78 Å². The summed E-state index contributed by atoms with van der Waals surface area (Å²) in [6, 6.07) is 20.8. The summed E-state index contributed by atoms with van der Waals surface area (Å²) in [6.45, 7) is 6.01. The van der Waals surface area contributed by atoms with Gasteiger partial charge >= 0.3 is 0 Å². The number of nitrogens with zero attached hydrogens (tertiary/aromatic N) is 1. The van der Waals surface area contributed by atoms with E-state index in [0.29, 0.717) is 5.92 Å². The molecule has 162 valence electrons. The lowest BCUT2D eigenvalue weighted by Crippen LogP contribution is -2.34. The quantitative estimate of drug-likeness (QED) is 0.433. The molecule has 4 N–H and O–H groups in total. The van der Waals surface area contributed by atoms with Gasteiger partial charge in [0.25, 0.3) is 0 Å². The zero-order valence-electron chi connectivity index (χ0n) is 18.3. The molecule has 0 saturated heterocycles. The summed E-state index contributed by atoms with van der Waals surface area (Å²) in [5, 5.41) is 6.22. The van der Waals surface area contributed by atoms with Crippen LogP contribution >= 0.6 is 0 Å². The molecule has 1 aromatic heterocycles. The Kier molecular flexibility index (Phi) is 8.33. The van der Waals surface area contributed by atoms with E-state index in [1.54, 1.807) is 6.20 Å². The van der Waals surface area contributed by atoms with Crippen LogP contribution in [0.1, 0.15) is 42.9 Å². The summed E-state index contributed by atoms with van der Waals surface area (Å²) >= 11 is 0. The summed E-state index contributed by atoms with van der Waals surface area (Å²) in [4.78, 5) is 16.7. The Bertz CT molecular complexity index is 955. The molecule has 2 aromatic carbocycles. The van der Waals surface area contributed by atoms with Crippen molar-refractivity contribution < 1.29 is 4.79 Å². The lowest BCUT2D eigenvalue weighted by atomic mass is 9.88. The maximum Gasteiger partial charge on any atom is 0.228 e. The number of rotatable bonds is 10. The zero-order chi connectivity index (χ0) is 22.1. The molecule has 0 fully saturated rings. The average molecular weight is 417 g/mol. The van der Waals surface area contributed by atoms with E-state index in [2.05, 4.69) is 71.9 Å². The van der Waals surface area contributed by atoms with Gasteiger partial charge in [-0.1, -0.05) is 68.4 Å². The van der Waals surface area contributed by atoms with E-state index < -0.39 is 0 Å². The maximum atomic E-state index is 12.6. The number of nitrogens with one attached hydrogen (secondary N) is 2. The van der Waals surface area contributed by atoms with Crippen molar-refractivity contribution in [2.75, 3.05) is 6.67 Å². The van der Waals surface area contributed by atoms with E-state index >= 15 is 0 Å². The predicted molar refractivity (Wildman–Crippen MR) is 126 cm³/mol. The number of amides is 1. The Balaban J connectivity index is 1.68. The minimum Gasteiger partial charge on any atom is -0.343 e. The molecule has 1 amide bonds. The summed E-state index contributed by atoms with van der Waals surface area (Å²) < 4.78 is 0. The molecule has 1 atom stereocenters. The van der Waals surface area contributed by atoms with Gasteiger partial charge in [0.2, 0.25) is 5.91 Å². The molecule has 0 aliphatic heterocycles. The topological polar surface area (TPSA) is 80.0 Å². The molecule has 0 radical (unpaired) electrons. The van der Waals surface area contributed by atoms with Gasteiger partial charge in [-0.15, -0.1) is 0 Å². The fourth-order valence-corrected chi connectivity index (χ4v) is 3.69. The van der Waals surface area contributed by atoms with Gasteiger partial charge in [0.1, 0.15) is 0 Å². The number of hydrogen-bond donors (Lipinski definition) is 3. The Morgan fingerprint density at radius 2 is 1.74 bits per heavy atom. The van der Waals surface area contributed by atoms with Gasteiger partial charge in [-0.05, 0) is 46.2 Å². The van der Waals surface area contributed by atoms with Crippen LogP contribution in [0.5, 0.6) is 0 Å². The van der Waals surface area contributed by atoms with Gasteiger partial charge < -0.3 is 16.4 Å². The fourth-order valence-electron chi connectivity index (χ4n) is 3.69. The predicted octanol–water partition coefficient (Wildman–Crippen LogP) is 4.20. The summed E-state index contributed by atoms with van der Waals surface area (Å²) in [5.41, 5.74) is 11.2. The number of nitrogens with two attached hydrogens (primary N) is 1. The highest BCUT2D eigenvalue weighted by Gasteiger charge is 2.21. The van der Waals surface area contributed by atoms with Crippen LogP contribution in [-0.4, -0.2) is 17.6 Å². The van der Waals surface area contributed by atoms with Crippen LogP contribution in [-0.2, 0) is 17.9 Å². The Morgan fingerprint density at radius 3 is 2.42 bits per heavy atom. The van der Waals surface area contributed by atoms with Crippen molar-refractivity contribution in [1.82, 2.24) is 15.6 Å². The first kappa shape index (κ1) is 22.7. The molecule has 1 heterocycles. The van der Waals surface area contributed by atoms with Crippen LogP contribution < -0.4 is 16.4 Å². The third kappa shape index (κ3) is 6.74. The molecule has 0 bridgehead atoms. The van der Waals surface area contributed by atoms with Crippen molar-refractivity contribution in [3.05, 3.63) is 89.7 Å². The number of carbonyl (C=O) groups excluding carboxylic acids is 1. The molecule has 3 rings (SSSR count). The Hall–Kier alpha value is -3.02. The molecule has 5 heteroatoms. The summed E-state index contributed by atoms with van der Waals surface area (Å²) in [6.07, 6.45) is 4.45. The largest absolute Gasteiger partial charge is 0.343 e. The number of pyridine rings is 1. The van der Waals surface area contributed by atoms with E-state index in [1.165, 1.54) is 11.1 Å². The highest BCUT2D eigenvalue weighted by Crippen LogP contribution is 2.28. The van der Waals surface area contributed by atoms with Crippen molar-refractivity contribution in [2.45, 2.75) is 39.3 Å². The van der Waals surface area contributed by atoms with Crippen molar-refractivity contribution in [1.29, 1.82) is 0 Å². The lowest BCUT2D eigenvalue weighted by Gasteiger charge is -2.19. The lowest BCUT2D eigenvalue weighted by molar-refractivity contribution is -0.122. The molecular formula is C26H32N4O. The normalized spacial score (nSPS) is 12.0. The van der Waals surface area contributed by atoms with Gasteiger partial charge in [0.05, 0.1) is 12.6 Å². The molecule has 0 unspecified atom stereocenters. The summed E-state index contributed by atoms with van der Waals surface area (Å²) in [7, 11) is 0. The third-order valence-corrected chi connectivity index (χ3v) is 5.26. The van der Waals surface area contributed by atoms with Crippen LogP contribution in [0.3, 0.4) is 0 Å². The first-order valence-corrected chi connectivity index (χ1v) is 10.8. The third-order valence-electron chi connectivity index (χ3n) is 5.26. The smallest absolute Gasteiger partial charge is 0.228 e. The molecule has 5 nitrogen and oxygen atoms in total. The van der Waals surface area contributed by atoms with Gasteiger partial charge in [-0.25, -0.2) is 0 Å². The maximum absolute atomic E-state index is 12.6. The first-order chi connectivity index (χ1) is 15.1. The van der Waals surface area contributed by atoms with Crippen LogP contribution in [0.15, 0.2) is 73.1 Å². The Labute approximate surface area is 185 Å². The second-order valence-corrected chi connectivity index (χ2v) is 8.21. The summed E-state index contributed by atoms with van der Waals surface area (Å²) in [5.74, 6) is 0.207. The molecule has 0 saturated carbocycles. The number of carbonyl (C=O) groups is 1. The highest BCUT2D eigenvalue weighted by atomic mass is 16.1. The molecular weight excluding hydrogens is 384 g/mol. The van der Waals surface area contributed by atoms with E-state index in [-0.39, 0.29) is 18.5 Å². The molecule has 0 aliphatic carbocycles. The standard InChI is InChI=1S/C26H32N4O/c1-19(2)13-25(26(31)30-18-27)24-7-3-6-23(14-24)22-10-8-20(9-11-22)15-29-17-21-5-4-12-28-16-21/h3-12,14,16,19,25,29H,13,15,17-18,27H2,1-2H3,(H,30,31)/t25-/m1/s1. The van der Waals surface area contributed by atoms with E-state index in [0.717, 1.165) is 36.2 Å². The molecule has 0 spiro atoms. The van der Waals surface area contributed by atoms with Crippen molar-refractivity contribution in [2.24, 2.45) is 11.7 Å². The molecule has 0 aliphatic rings. The second kappa shape index (κ2) is 11.4. The number of benzene rings is 2. The molecule has 3 aromatic rings. The van der Waals surface area contributed by atoms with Crippen LogP contribution in [0.25, 0.3) is 11.1 Å². The van der Waals surface area contributed by atoms with Crippen LogP contribution in [0, 0.1) is 5.92 Å². The first-order valence-electron chi connectivity index (χ1n) is 10.8. The van der Waals surface area contributed by atoms with Gasteiger partial charge in [0, 0.05) is 25.5 Å². The average Bonchev–Trinajstić information content (AvgIpc) is 2.79. The van der Waals surface area contributed by atoms with Gasteiger partial charge in [0.15, 0.2) is 0 Å². The van der Waals surface area contributed by atoms with Crippen molar-refractivity contribution in [3.8, 4) is 11.1 Å². The minimum atomic E-state index is -0.195. The zero-order valence-corrected chi connectivity index (χ0v) is 18.3.